The van der Waals surface area contributed by atoms with Crippen LogP contribution in [0.25, 0.3) is 0 Å². The van der Waals surface area contributed by atoms with Gasteiger partial charge in [0.05, 0.1) is 17.7 Å². The summed E-state index contributed by atoms with van der Waals surface area (Å²) in [6.07, 6.45) is -5.30. The fourth-order valence-electron chi connectivity index (χ4n) is 1.18. The maximum absolute atomic E-state index is 12.5. The number of hydrogen-bond donors (Lipinski definition) is 1. The fourth-order valence-corrected chi connectivity index (χ4v) is 1.18. The highest BCUT2D eigenvalue weighted by Crippen LogP contribution is 2.30. The summed E-state index contributed by atoms with van der Waals surface area (Å²) in [6.45, 7) is 1.06. The van der Waals surface area contributed by atoms with Gasteiger partial charge in [0.15, 0.2) is 5.78 Å². The number of halogens is 3. The van der Waals surface area contributed by atoms with Crippen LogP contribution in [0.5, 0.6) is 0 Å². The highest BCUT2D eigenvalue weighted by molar-refractivity contribution is 5.92. The number of aliphatic carboxylic acids is 1. The van der Waals surface area contributed by atoms with Gasteiger partial charge < -0.3 is 5.11 Å². The van der Waals surface area contributed by atoms with Gasteiger partial charge >= 0.3 is 12.1 Å². The van der Waals surface area contributed by atoms with Crippen molar-refractivity contribution < 1.29 is 27.9 Å². The second-order valence-corrected chi connectivity index (χ2v) is 3.36. The Labute approximate surface area is 94.1 Å². The maximum Gasteiger partial charge on any atom is 0.416 e. The van der Waals surface area contributed by atoms with Crippen LogP contribution in [0.2, 0.25) is 0 Å². The Morgan fingerprint density at radius 3 is 2.35 bits per heavy atom. The number of nitrogens with zero attached hydrogens (tertiary/aromatic N) is 1. The van der Waals surface area contributed by atoms with Crippen molar-refractivity contribution in [3.05, 3.63) is 29.1 Å². The van der Waals surface area contributed by atoms with Crippen molar-refractivity contribution in [2.24, 2.45) is 0 Å². The molecule has 0 unspecified atom stereocenters. The SMILES string of the molecule is CC(=O)c1cc(C(F)(F)F)cc(CC(=O)O)n1. The third-order valence-corrected chi connectivity index (χ3v) is 1.90. The number of Topliss-reactive ketones (excluding diaryl/α,β-unsaturated/α-hetero) is 1. The number of carboxylic acids is 1. The van der Waals surface area contributed by atoms with Gasteiger partial charge in [0.2, 0.25) is 0 Å². The minimum absolute atomic E-state index is 0.294. The van der Waals surface area contributed by atoms with E-state index in [4.69, 9.17) is 5.11 Å². The number of alkyl halides is 3. The van der Waals surface area contributed by atoms with Crippen LogP contribution < -0.4 is 0 Å². The first kappa shape index (κ1) is 13.1. The summed E-state index contributed by atoms with van der Waals surface area (Å²) < 4.78 is 37.4. The van der Waals surface area contributed by atoms with E-state index in [0.717, 1.165) is 6.92 Å². The maximum atomic E-state index is 12.5. The highest BCUT2D eigenvalue weighted by Gasteiger charge is 2.32. The van der Waals surface area contributed by atoms with E-state index < -0.39 is 35.6 Å². The Balaban J connectivity index is 3.28. The van der Waals surface area contributed by atoms with Gasteiger partial charge in [-0.05, 0) is 12.1 Å². The van der Waals surface area contributed by atoms with Gasteiger partial charge in [0, 0.05) is 6.92 Å². The van der Waals surface area contributed by atoms with E-state index in [0.29, 0.717) is 12.1 Å². The van der Waals surface area contributed by atoms with Crippen molar-refractivity contribution in [1.29, 1.82) is 0 Å². The molecule has 0 saturated carbocycles. The standard InChI is InChI=1S/C10H8F3NO3/c1-5(15)8-3-6(10(11,12)13)2-7(14-8)4-9(16)17/h2-3H,4H2,1H3,(H,16,17). The molecule has 0 aliphatic heterocycles. The molecule has 0 aliphatic carbocycles. The van der Waals surface area contributed by atoms with Crippen molar-refractivity contribution in [2.45, 2.75) is 19.5 Å². The van der Waals surface area contributed by atoms with Gasteiger partial charge in [-0.3, -0.25) is 9.59 Å². The summed E-state index contributed by atoms with van der Waals surface area (Å²) >= 11 is 0. The van der Waals surface area contributed by atoms with Gasteiger partial charge in [0.25, 0.3) is 0 Å². The number of carbonyl (C=O) groups excluding carboxylic acids is 1. The van der Waals surface area contributed by atoms with Crippen molar-refractivity contribution >= 4 is 11.8 Å². The van der Waals surface area contributed by atoms with Crippen LogP contribution in [0.1, 0.15) is 28.7 Å². The topological polar surface area (TPSA) is 67.3 Å². The van der Waals surface area contributed by atoms with Crippen LogP contribution in [0.3, 0.4) is 0 Å². The summed E-state index contributed by atoms with van der Waals surface area (Å²) in [6, 6.07) is 1.23. The Bertz CT molecular complexity index is 468. The quantitative estimate of drug-likeness (QED) is 0.828. The Morgan fingerprint density at radius 2 is 1.94 bits per heavy atom. The smallest absolute Gasteiger partial charge is 0.416 e. The lowest BCUT2D eigenvalue weighted by Gasteiger charge is -2.09. The molecule has 0 bridgehead atoms. The van der Waals surface area contributed by atoms with Gasteiger partial charge in [-0.15, -0.1) is 0 Å². The van der Waals surface area contributed by atoms with E-state index >= 15 is 0 Å². The van der Waals surface area contributed by atoms with E-state index in [-0.39, 0.29) is 5.69 Å². The molecule has 17 heavy (non-hydrogen) atoms. The summed E-state index contributed by atoms with van der Waals surface area (Å²) in [5.74, 6) is -1.96. The number of aromatic nitrogens is 1. The minimum Gasteiger partial charge on any atom is -0.481 e. The predicted molar refractivity (Wildman–Crippen MR) is 50.6 cm³/mol. The molecular weight excluding hydrogens is 239 g/mol. The molecule has 4 nitrogen and oxygen atoms in total. The molecule has 1 rings (SSSR count). The molecule has 0 saturated heterocycles. The van der Waals surface area contributed by atoms with E-state index in [1.54, 1.807) is 0 Å². The van der Waals surface area contributed by atoms with Gasteiger partial charge in [-0.2, -0.15) is 13.2 Å². The molecule has 1 aromatic heterocycles. The molecule has 1 heterocycles. The molecular formula is C10H8F3NO3. The van der Waals surface area contributed by atoms with Crippen molar-refractivity contribution in [1.82, 2.24) is 4.98 Å². The predicted octanol–water partition coefficient (Wildman–Crippen LogP) is 1.93. The lowest BCUT2D eigenvalue weighted by Crippen LogP contribution is -2.12. The van der Waals surface area contributed by atoms with Gasteiger partial charge in [0.1, 0.15) is 5.69 Å². The average molecular weight is 247 g/mol. The van der Waals surface area contributed by atoms with E-state index in [1.807, 2.05) is 0 Å². The van der Waals surface area contributed by atoms with Crippen LogP contribution in [0.15, 0.2) is 12.1 Å². The zero-order chi connectivity index (χ0) is 13.2. The highest BCUT2D eigenvalue weighted by atomic mass is 19.4. The second kappa shape index (κ2) is 4.52. The lowest BCUT2D eigenvalue weighted by molar-refractivity contribution is -0.139. The summed E-state index contributed by atoms with van der Waals surface area (Å²) in [5.41, 5.74) is -1.76. The molecule has 0 amide bonds. The van der Waals surface area contributed by atoms with Crippen molar-refractivity contribution in [3.63, 3.8) is 0 Å². The van der Waals surface area contributed by atoms with Crippen molar-refractivity contribution in [3.8, 4) is 0 Å². The monoisotopic (exact) mass is 247 g/mol. The molecule has 0 fully saturated rings. The molecule has 0 spiro atoms. The Hall–Kier alpha value is -1.92. The van der Waals surface area contributed by atoms with Crippen LogP contribution in [-0.2, 0) is 17.4 Å². The summed E-state index contributed by atoms with van der Waals surface area (Å²) in [4.78, 5) is 24.9. The third-order valence-electron chi connectivity index (χ3n) is 1.90. The first-order valence-electron chi connectivity index (χ1n) is 4.51. The molecule has 1 N–H and O–H groups in total. The number of carboxylic acid groups (broad SMARTS) is 1. The summed E-state index contributed by atoms with van der Waals surface area (Å²) in [5, 5.41) is 8.48. The zero-order valence-corrected chi connectivity index (χ0v) is 8.71. The lowest BCUT2D eigenvalue weighted by atomic mass is 10.1. The molecule has 7 heteroatoms. The summed E-state index contributed by atoms with van der Waals surface area (Å²) in [7, 11) is 0. The van der Waals surface area contributed by atoms with Gasteiger partial charge in [-0.25, -0.2) is 4.98 Å². The van der Waals surface area contributed by atoms with Crippen LogP contribution >= 0.6 is 0 Å². The molecule has 92 valence electrons. The van der Waals surface area contributed by atoms with E-state index in [1.165, 1.54) is 0 Å². The molecule has 0 radical (unpaired) electrons. The van der Waals surface area contributed by atoms with E-state index in [2.05, 4.69) is 4.98 Å². The number of pyridine rings is 1. The largest absolute Gasteiger partial charge is 0.481 e. The van der Waals surface area contributed by atoms with Crippen molar-refractivity contribution in [2.75, 3.05) is 0 Å². The van der Waals surface area contributed by atoms with Gasteiger partial charge in [-0.1, -0.05) is 0 Å². The first-order chi connectivity index (χ1) is 7.70. The minimum atomic E-state index is -4.64. The number of carbonyl (C=O) groups is 2. The number of rotatable bonds is 3. The third kappa shape index (κ3) is 3.54. The molecule has 0 aliphatic rings. The van der Waals surface area contributed by atoms with E-state index in [9.17, 15) is 22.8 Å². The second-order valence-electron chi connectivity index (χ2n) is 3.36. The zero-order valence-electron chi connectivity index (χ0n) is 8.71. The molecule has 0 aromatic carbocycles. The normalized spacial score (nSPS) is 11.3. The Morgan fingerprint density at radius 1 is 1.35 bits per heavy atom. The first-order valence-corrected chi connectivity index (χ1v) is 4.51. The van der Waals surface area contributed by atoms with Crippen LogP contribution in [-0.4, -0.2) is 21.8 Å². The number of ketones is 1. The molecule has 1 aromatic rings. The molecule has 0 atom stereocenters. The Kier molecular flexibility index (Phi) is 3.50. The number of hydrogen-bond acceptors (Lipinski definition) is 3. The fraction of sp³-hybridized carbons (Fsp3) is 0.300. The van der Waals surface area contributed by atoms with Crippen LogP contribution in [0, 0.1) is 0 Å². The average Bonchev–Trinajstić information content (AvgIpc) is 2.14. The van der Waals surface area contributed by atoms with Crippen LogP contribution in [0.4, 0.5) is 13.2 Å².